The fraction of sp³-hybridized carbons (Fsp3) is 0.833. The van der Waals surface area contributed by atoms with Crippen LogP contribution in [0.2, 0.25) is 0 Å². The lowest BCUT2D eigenvalue weighted by Crippen LogP contribution is -2.39. The molecule has 1 saturated heterocycles. The molecule has 0 unspecified atom stereocenters. The van der Waals surface area contributed by atoms with E-state index in [-0.39, 0.29) is 28.9 Å². The number of carbonyl (C=O) groups excluding carboxylic acids is 2. The van der Waals surface area contributed by atoms with Crippen LogP contribution in [0.15, 0.2) is 0 Å². The van der Waals surface area contributed by atoms with Crippen molar-refractivity contribution in [2.24, 2.45) is 11.3 Å². The van der Waals surface area contributed by atoms with Gasteiger partial charge in [0.2, 0.25) is 0 Å². The molecule has 16 heavy (non-hydrogen) atoms. The van der Waals surface area contributed by atoms with E-state index in [9.17, 15) is 9.59 Å². The van der Waals surface area contributed by atoms with Crippen LogP contribution in [-0.4, -0.2) is 24.6 Å². The Balaban J connectivity index is 2.19. The standard InChI is InChI=1S/C12H18O4/c1-11-7-10(14)16-12(11,2)5-4-8(11)6-9(13)15-3/h8H,4-7H2,1-3H3/t8-,11+,12+/m1/s1. The van der Waals surface area contributed by atoms with Crippen LogP contribution in [0.4, 0.5) is 0 Å². The second-order valence-electron chi connectivity index (χ2n) is 5.32. The Morgan fingerprint density at radius 3 is 2.88 bits per heavy atom. The molecular weight excluding hydrogens is 208 g/mol. The molecule has 0 aromatic rings. The van der Waals surface area contributed by atoms with Gasteiger partial charge in [-0.1, -0.05) is 6.92 Å². The minimum absolute atomic E-state index is 0.139. The van der Waals surface area contributed by atoms with Gasteiger partial charge in [-0.3, -0.25) is 9.59 Å². The third kappa shape index (κ3) is 1.43. The molecule has 0 aromatic heterocycles. The van der Waals surface area contributed by atoms with Gasteiger partial charge in [-0.15, -0.1) is 0 Å². The van der Waals surface area contributed by atoms with Crippen LogP contribution in [0.1, 0.15) is 39.5 Å². The molecular formula is C12H18O4. The molecule has 0 N–H and O–H groups in total. The fourth-order valence-corrected chi connectivity index (χ4v) is 3.18. The Hall–Kier alpha value is -1.06. The highest BCUT2D eigenvalue weighted by Gasteiger charge is 2.62. The first-order chi connectivity index (χ1) is 7.41. The van der Waals surface area contributed by atoms with Gasteiger partial charge in [0, 0.05) is 11.8 Å². The summed E-state index contributed by atoms with van der Waals surface area (Å²) in [5.74, 6) is -0.147. The van der Waals surface area contributed by atoms with E-state index in [0.29, 0.717) is 12.8 Å². The molecule has 2 fully saturated rings. The quantitative estimate of drug-likeness (QED) is 0.672. The van der Waals surface area contributed by atoms with Crippen molar-refractivity contribution in [3.05, 3.63) is 0 Å². The molecule has 1 aliphatic carbocycles. The highest BCUT2D eigenvalue weighted by molar-refractivity contribution is 5.75. The van der Waals surface area contributed by atoms with Gasteiger partial charge in [0.1, 0.15) is 5.60 Å². The van der Waals surface area contributed by atoms with Crippen molar-refractivity contribution in [2.45, 2.75) is 45.1 Å². The summed E-state index contributed by atoms with van der Waals surface area (Å²) in [5.41, 5.74) is -0.596. The van der Waals surface area contributed by atoms with Crippen molar-refractivity contribution in [3.8, 4) is 0 Å². The Morgan fingerprint density at radius 1 is 1.56 bits per heavy atom. The molecule has 2 rings (SSSR count). The summed E-state index contributed by atoms with van der Waals surface area (Å²) in [4.78, 5) is 22.8. The van der Waals surface area contributed by atoms with Crippen LogP contribution in [0.3, 0.4) is 0 Å². The van der Waals surface area contributed by atoms with Crippen molar-refractivity contribution in [2.75, 3.05) is 7.11 Å². The van der Waals surface area contributed by atoms with E-state index < -0.39 is 0 Å². The number of ether oxygens (including phenoxy) is 2. The number of hydrogen-bond acceptors (Lipinski definition) is 4. The monoisotopic (exact) mass is 226 g/mol. The highest BCUT2D eigenvalue weighted by atomic mass is 16.6. The van der Waals surface area contributed by atoms with Crippen LogP contribution >= 0.6 is 0 Å². The van der Waals surface area contributed by atoms with Gasteiger partial charge in [-0.05, 0) is 25.7 Å². The molecule has 0 bridgehead atoms. The van der Waals surface area contributed by atoms with E-state index in [4.69, 9.17) is 9.47 Å². The summed E-state index contributed by atoms with van der Waals surface area (Å²) in [5, 5.41) is 0. The smallest absolute Gasteiger partial charge is 0.307 e. The second kappa shape index (κ2) is 3.47. The SMILES string of the molecule is COC(=O)C[C@H]1CC[C@]2(C)OC(=O)C[C@@]12C. The predicted octanol–water partition coefficient (Wildman–Crippen LogP) is 1.67. The lowest BCUT2D eigenvalue weighted by molar-refractivity contribution is -0.148. The number of hydrogen-bond donors (Lipinski definition) is 0. The van der Waals surface area contributed by atoms with E-state index in [1.165, 1.54) is 7.11 Å². The molecule has 90 valence electrons. The lowest BCUT2D eigenvalue weighted by Gasteiger charge is -2.35. The zero-order chi connectivity index (χ0) is 12.0. The maximum absolute atomic E-state index is 11.4. The molecule has 3 atom stereocenters. The Kier molecular flexibility index (Phi) is 2.48. The number of carbonyl (C=O) groups is 2. The van der Waals surface area contributed by atoms with Gasteiger partial charge >= 0.3 is 11.9 Å². The first kappa shape index (κ1) is 11.4. The summed E-state index contributed by atoms with van der Waals surface area (Å²) < 4.78 is 10.1. The van der Waals surface area contributed by atoms with Gasteiger partial charge in [0.25, 0.3) is 0 Å². The average molecular weight is 226 g/mol. The van der Waals surface area contributed by atoms with Crippen molar-refractivity contribution in [1.82, 2.24) is 0 Å². The number of esters is 2. The van der Waals surface area contributed by atoms with E-state index in [1.807, 2.05) is 6.92 Å². The molecule has 1 saturated carbocycles. The lowest BCUT2D eigenvalue weighted by atomic mass is 9.70. The van der Waals surface area contributed by atoms with Gasteiger partial charge in [-0.25, -0.2) is 0 Å². The maximum atomic E-state index is 11.4. The zero-order valence-electron chi connectivity index (χ0n) is 10.0. The van der Waals surface area contributed by atoms with Crippen LogP contribution in [0.5, 0.6) is 0 Å². The third-order valence-electron chi connectivity index (χ3n) is 4.57. The molecule has 0 aromatic carbocycles. The van der Waals surface area contributed by atoms with E-state index >= 15 is 0 Å². The molecule has 4 nitrogen and oxygen atoms in total. The number of methoxy groups -OCH3 is 1. The summed E-state index contributed by atoms with van der Waals surface area (Å²) in [6.45, 7) is 4.04. The minimum atomic E-state index is -0.386. The Morgan fingerprint density at radius 2 is 2.25 bits per heavy atom. The minimum Gasteiger partial charge on any atom is -0.469 e. The molecule has 0 spiro atoms. The third-order valence-corrected chi connectivity index (χ3v) is 4.57. The predicted molar refractivity (Wildman–Crippen MR) is 56.6 cm³/mol. The molecule has 1 heterocycles. The van der Waals surface area contributed by atoms with Gasteiger partial charge in [0.05, 0.1) is 13.5 Å². The molecule has 0 amide bonds. The van der Waals surface area contributed by atoms with Crippen LogP contribution in [0.25, 0.3) is 0 Å². The van der Waals surface area contributed by atoms with E-state index in [1.54, 1.807) is 0 Å². The van der Waals surface area contributed by atoms with Gasteiger partial charge in [0.15, 0.2) is 0 Å². The first-order valence-electron chi connectivity index (χ1n) is 5.70. The van der Waals surface area contributed by atoms with Crippen LogP contribution < -0.4 is 0 Å². The van der Waals surface area contributed by atoms with Crippen molar-refractivity contribution in [3.63, 3.8) is 0 Å². The number of fused-ring (bicyclic) bond motifs is 1. The summed E-state index contributed by atoms with van der Waals surface area (Å²) >= 11 is 0. The van der Waals surface area contributed by atoms with Crippen molar-refractivity contribution < 1.29 is 19.1 Å². The van der Waals surface area contributed by atoms with Crippen LogP contribution in [0, 0.1) is 11.3 Å². The Bertz CT molecular complexity index is 338. The highest BCUT2D eigenvalue weighted by Crippen LogP contribution is 2.59. The normalized spacial score (nSPS) is 41.7. The maximum Gasteiger partial charge on any atom is 0.307 e. The summed E-state index contributed by atoms with van der Waals surface area (Å²) in [7, 11) is 1.40. The van der Waals surface area contributed by atoms with Crippen molar-refractivity contribution >= 4 is 11.9 Å². The average Bonchev–Trinajstić information content (AvgIpc) is 2.55. The van der Waals surface area contributed by atoms with E-state index in [2.05, 4.69) is 6.92 Å². The molecule has 1 aliphatic heterocycles. The molecule has 4 heteroatoms. The van der Waals surface area contributed by atoms with Crippen molar-refractivity contribution in [1.29, 1.82) is 0 Å². The fourth-order valence-electron chi connectivity index (χ4n) is 3.18. The molecule has 2 aliphatic rings. The largest absolute Gasteiger partial charge is 0.469 e. The zero-order valence-corrected chi connectivity index (χ0v) is 10.0. The van der Waals surface area contributed by atoms with Gasteiger partial charge < -0.3 is 9.47 Å². The Labute approximate surface area is 95.3 Å². The summed E-state index contributed by atoms with van der Waals surface area (Å²) in [6.07, 6.45) is 2.58. The summed E-state index contributed by atoms with van der Waals surface area (Å²) in [6, 6.07) is 0. The first-order valence-corrected chi connectivity index (χ1v) is 5.70. The van der Waals surface area contributed by atoms with E-state index in [0.717, 1.165) is 12.8 Å². The topological polar surface area (TPSA) is 52.6 Å². The number of rotatable bonds is 2. The molecule has 0 radical (unpaired) electrons. The van der Waals surface area contributed by atoms with Gasteiger partial charge in [-0.2, -0.15) is 0 Å². The van der Waals surface area contributed by atoms with Crippen LogP contribution in [-0.2, 0) is 19.1 Å². The second-order valence-corrected chi connectivity index (χ2v) is 5.32.